The maximum atomic E-state index is 13.4. The zero-order chi connectivity index (χ0) is 34.8. The second-order valence-electron chi connectivity index (χ2n) is 14.0. The molecule has 7 N–H and O–H groups in total. The molecule has 10 nitrogen and oxygen atoms in total. The number of aryl methyl sites for hydroxylation is 1. The first-order valence-corrected chi connectivity index (χ1v) is 19.6. The Hall–Kier alpha value is -3.24. The first-order valence-electron chi connectivity index (χ1n) is 17.2. The lowest BCUT2D eigenvalue weighted by molar-refractivity contribution is -0.121. The summed E-state index contributed by atoms with van der Waals surface area (Å²) in [5, 5.41) is 48.7. The zero-order valence-electron chi connectivity index (χ0n) is 28.3. The third-order valence-electron chi connectivity index (χ3n) is 10.5. The maximum Gasteiger partial charge on any atom is 0.201 e. The number of guanidine groups is 1. The van der Waals surface area contributed by atoms with Gasteiger partial charge in [0.25, 0.3) is 0 Å². The Morgan fingerprint density at radius 3 is 2.67 bits per heavy atom. The number of benzene rings is 2. The summed E-state index contributed by atoms with van der Waals surface area (Å²) in [6.45, 7) is 4.71. The van der Waals surface area contributed by atoms with Gasteiger partial charge < -0.3 is 41.0 Å². The van der Waals surface area contributed by atoms with Gasteiger partial charge in [0.2, 0.25) is 6.29 Å². The summed E-state index contributed by atoms with van der Waals surface area (Å²) >= 11 is 0. The number of ketones is 1. The van der Waals surface area contributed by atoms with E-state index in [4.69, 9.17) is 20.2 Å². The van der Waals surface area contributed by atoms with Crippen LogP contribution in [0.1, 0.15) is 67.3 Å². The maximum absolute atomic E-state index is 13.4. The standard InChI is InChI=1S/C37H47N3O7S2/c1-19(2)29-18-48-49-32-12-9-21-13-23-14-22(33(44)35-26(23)16-27(36(45)47-35)28(32)17-39-37(38)40-29)5-4-6-25-20(7-10-24(41)15-31(21)43)8-11-30(42)34(25)46-3/h8,11,14,19,21,27-29,31-32,36,42-45H,5,7,9-10,12-13,15-18H2,1-3H3,(H3,38,39,40)/t21-,27-,28-,29+,31+,32+,36+/m1/s1. The Morgan fingerprint density at radius 2 is 1.90 bits per heavy atom. The van der Waals surface area contributed by atoms with E-state index >= 15 is 0 Å². The monoisotopic (exact) mass is 709 g/mol. The minimum atomic E-state index is -1.17. The highest BCUT2D eigenvalue weighted by Crippen LogP contribution is 2.49. The van der Waals surface area contributed by atoms with Crippen molar-refractivity contribution in [1.29, 1.82) is 0 Å². The van der Waals surface area contributed by atoms with Gasteiger partial charge in [-0.1, -0.05) is 59.4 Å². The van der Waals surface area contributed by atoms with E-state index in [2.05, 4.69) is 31.0 Å². The van der Waals surface area contributed by atoms with Crippen molar-refractivity contribution in [2.75, 3.05) is 19.4 Å². The number of hydrogen-bond donors (Lipinski definition) is 6. The van der Waals surface area contributed by atoms with Gasteiger partial charge in [-0.3, -0.25) is 9.79 Å². The van der Waals surface area contributed by atoms with Gasteiger partial charge >= 0.3 is 0 Å². The minimum Gasteiger partial charge on any atom is -0.504 e. The first kappa shape index (κ1) is 35.6. The average molecular weight is 710 g/mol. The molecular weight excluding hydrogens is 663 g/mol. The Morgan fingerprint density at radius 1 is 1.08 bits per heavy atom. The molecule has 264 valence electrons. The van der Waals surface area contributed by atoms with Gasteiger partial charge in [-0.2, -0.15) is 0 Å². The number of aliphatic hydroxyl groups is 2. The number of nitrogens with two attached hydrogens (primary N) is 1. The van der Waals surface area contributed by atoms with Gasteiger partial charge in [-0.05, 0) is 61.1 Å². The second-order valence-corrected chi connectivity index (χ2v) is 16.7. The summed E-state index contributed by atoms with van der Waals surface area (Å²) in [6.07, 6.45) is 1.10. The molecule has 5 bridgehead atoms. The molecule has 0 aromatic heterocycles. The molecule has 0 saturated heterocycles. The highest BCUT2D eigenvalue weighted by Gasteiger charge is 2.43. The van der Waals surface area contributed by atoms with Crippen LogP contribution in [0.3, 0.4) is 0 Å². The number of nitrogens with zero attached hydrogens (tertiary/aromatic N) is 1. The third-order valence-corrected chi connectivity index (χ3v) is 13.6. The molecule has 12 heteroatoms. The zero-order valence-corrected chi connectivity index (χ0v) is 29.9. The summed E-state index contributed by atoms with van der Waals surface area (Å²) in [6, 6.07) is 5.37. The average Bonchev–Trinajstić information content (AvgIpc) is 3.06. The molecule has 0 spiro atoms. The van der Waals surface area contributed by atoms with Crippen molar-refractivity contribution in [3.05, 3.63) is 46.0 Å². The van der Waals surface area contributed by atoms with Crippen molar-refractivity contribution in [3.63, 3.8) is 0 Å². The molecule has 0 fully saturated rings. The predicted octanol–water partition coefficient (Wildman–Crippen LogP) is 4.10. The van der Waals surface area contributed by atoms with Crippen LogP contribution in [0.4, 0.5) is 0 Å². The number of aromatic hydroxyl groups is 2. The summed E-state index contributed by atoms with van der Waals surface area (Å²) < 4.78 is 11.7. The third kappa shape index (κ3) is 7.75. The Kier molecular flexibility index (Phi) is 11.1. The molecule has 2 aliphatic heterocycles. The molecule has 0 amide bonds. The Balaban J connectivity index is 1.44. The highest BCUT2D eigenvalue weighted by atomic mass is 33.1. The van der Waals surface area contributed by atoms with Crippen LogP contribution in [0.25, 0.3) is 0 Å². The molecule has 0 saturated carbocycles. The van der Waals surface area contributed by atoms with Crippen LogP contribution in [-0.4, -0.2) is 75.3 Å². The van der Waals surface area contributed by atoms with Gasteiger partial charge in [0, 0.05) is 65.8 Å². The number of methoxy groups -OCH3 is 1. The number of carbonyl (C=O) groups is 1. The largest absolute Gasteiger partial charge is 0.504 e. The lowest BCUT2D eigenvalue weighted by Gasteiger charge is -2.41. The number of fused-ring (bicyclic) bond motifs is 6. The topological polar surface area (TPSA) is 167 Å². The predicted molar refractivity (Wildman–Crippen MR) is 193 cm³/mol. The van der Waals surface area contributed by atoms with Crippen LogP contribution in [0.5, 0.6) is 23.0 Å². The van der Waals surface area contributed by atoms with Crippen molar-refractivity contribution in [2.24, 2.45) is 34.4 Å². The fourth-order valence-corrected chi connectivity index (χ4v) is 11.0. The van der Waals surface area contributed by atoms with Gasteiger partial charge in [-0.15, -0.1) is 0 Å². The lowest BCUT2D eigenvalue weighted by atomic mass is 9.75. The Labute approximate surface area is 296 Å². The van der Waals surface area contributed by atoms with Crippen LogP contribution in [0.2, 0.25) is 0 Å². The molecule has 0 radical (unpaired) electrons. The van der Waals surface area contributed by atoms with E-state index in [1.807, 2.05) is 6.07 Å². The summed E-state index contributed by atoms with van der Waals surface area (Å²) in [7, 11) is 5.05. The highest BCUT2D eigenvalue weighted by molar-refractivity contribution is 8.77. The van der Waals surface area contributed by atoms with Crippen molar-refractivity contribution < 1.29 is 34.7 Å². The van der Waals surface area contributed by atoms with Crippen molar-refractivity contribution in [1.82, 2.24) is 5.32 Å². The molecular formula is C37H47N3O7S2. The quantitative estimate of drug-likeness (QED) is 0.196. The summed E-state index contributed by atoms with van der Waals surface area (Å²) in [4.78, 5) is 18.1. The van der Waals surface area contributed by atoms with Crippen molar-refractivity contribution >= 4 is 33.3 Å². The molecule has 6 rings (SSSR count). The fraction of sp³-hybridized carbons (Fsp3) is 0.568. The van der Waals surface area contributed by atoms with Gasteiger partial charge in [0.1, 0.15) is 5.78 Å². The van der Waals surface area contributed by atoms with E-state index in [0.717, 1.165) is 28.9 Å². The van der Waals surface area contributed by atoms with Crippen molar-refractivity contribution in [3.8, 4) is 34.8 Å². The van der Waals surface area contributed by atoms with Crippen LogP contribution < -0.4 is 20.5 Å². The molecule has 7 atom stereocenters. The number of ether oxygens (including phenoxy) is 2. The summed E-state index contributed by atoms with van der Waals surface area (Å²) in [5.74, 6) is 7.49. The van der Waals surface area contributed by atoms with E-state index in [9.17, 15) is 25.2 Å². The number of carbonyl (C=O) groups excluding carboxylic acids is 1. The number of rotatable bonds is 2. The van der Waals surface area contributed by atoms with E-state index in [1.165, 1.54) is 13.2 Å². The van der Waals surface area contributed by atoms with Gasteiger partial charge in [0.15, 0.2) is 29.0 Å². The molecule has 49 heavy (non-hydrogen) atoms. The number of Topliss-reactive ketones (excluding diaryl/α,β-unsaturated/α-hetero) is 1. The van der Waals surface area contributed by atoms with Crippen LogP contribution in [-0.2, 0) is 30.5 Å². The minimum absolute atomic E-state index is 0.0183. The number of aliphatic imine (C=N–C) groups is 1. The normalized spacial score (nSPS) is 29.1. The second kappa shape index (κ2) is 15.3. The van der Waals surface area contributed by atoms with Gasteiger partial charge in [-0.25, -0.2) is 0 Å². The van der Waals surface area contributed by atoms with Crippen molar-refractivity contribution in [2.45, 2.75) is 88.9 Å². The molecule has 2 aromatic carbocycles. The van der Waals surface area contributed by atoms with Crippen LogP contribution in [0.15, 0.2) is 23.2 Å². The lowest BCUT2D eigenvalue weighted by Crippen LogP contribution is -2.47. The number of nitrogens with one attached hydrogen (secondary N) is 1. The van der Waals surface area contributed by atoms with E-state index < -0.39 is 12.4 Å². The first-order chi connectivity index (χ1) is 23.5. The molecule has 2 aromatic rings. The van der Waals surface area contributed by atoms with Gasteiger partial charge in [0.05, 0.1) is 18.8 Å². The number of hydrogen-bond acceptors (Lipinski definition) is 12. The van der Waals surface area contributed by atoms with Crippen LogP contribution in [0, 0.1) is 35.5 Å². The van der Waals surface area contributed by atoms with E-state index in [-0.39, 0.29) is 77.1 Å². The number of aliphatic hydroxyl groups excluding tert-OH is 2. The van der Waals surface area contributed by atoms with Crippen LogP contribution >= 0.6 is 21.6 Å². The fourth-order valence-electron chi connectivity index (χ4n) is 7.54. The molecule has 4 aliphatic rings. The summed E-state index contributed by atoms with van der Waals surface area (Å²) in [5.41, 5.74) is 9.87. The number of phenolic OH excluding ortho intramolecular Hbond substituents is 2. The number of phenols is 2. The smallest absolute Gasteiger partial charge is 0.201 e. The van der Waals surface area contributed by atoms with E-state index in [0.29, 0.717) is 55.2 Å². The Bertz CT molecular complexity index is 1650. The molecule has 2 heterocycles. The van der Waals surface area contributed by atoms with E-state index in [1.54, 1.807) is 27.7 Å². The SMILES string of the molecule is COc1c(O)ccc2c1C#CCc1cc3c4c(c1O)O[C@H](O)[C@H](C4)[C@H]1CN=C(N)N[C@H](C(C)C)CSS[C@H]1CC[C@H](C3)[C@@H](O)CC(=O)CC2. The molecule has 0 unspecified atom stereocenters. The molecule has 2 aliphatic carbocycles.